The number of H-pyrrole nitrogens is 1. The van der Waals surface area contributed by atoms with Crippen LogP contribution in [0, 0.1) is 6.92 Å². The van der Waals surface area contributed by atoms with Gasteiger partial charge in [-0.1, -0.05) is 18.2 Å². The summed E-state index contributed by atoms with van der Waals surface area (Å²) < 4.78 is 5.05. The second kappa shape index (κ2) is 7.06. The highest BCUT2D eigenvalue weighted by atomic mass is 32.1. The lowest BCUT2D eigenvalue weighted by Crippen LogP contribution is -2.17. The van der Waals surface area contributed by atoms with Crippen molar-refractivity contribution < 1.29 is 9.53 Å². The molecule has 7 heteroatoms. The number of anilines is 1. The van der Waals surface area contributed by atoms with Gasteiger partial charge in [-0.25, -0.2) is 9.78 Å². The molecule has 0 amide bonds. The van der Waals surface area contributed by atoms with Crippen LogP contribution in [0.5, 0.6) is 0 Å². The van der Waals surface area contributed by atoms with Crippen LogP contribution in [0.2, 0.25) is 0 Å². The molecular weight excluding hydrogens is 338 g/mol. The number of aromatic amines is 1. The van der Waals surface area contributed by atoms with Crippen molar-refractivity contribution in [3.63, 3.8) is 0 Å². The quantitative estimate of drug-likeness (QED) is 0.681. The van der Waals surface area contributed by atoms with Gasteiger partial charge in [0.1, 0.15) is 15.5 Å². The molecule has 6 nitrogen and oxygen atoms in total. The van der Waals surface area contributed by atoms with Gasteiger partial charge in [0.15, 0.2) is 0 Å². The zero-order chi connectivity index (χ0) is 18.0. The van der Waals surface area contributed by atoms with E-state index in [2.05, 4.69) is 15.3 Å². The SMILES string of the molecule is CCOC(=O)c1sc2nc([C@H](C)Nc3ccccc3)[nH]c(=O)c2c1C. The number of para-hydroxylation sites is 1. The fourth-order valence-corrected chi connectivity index (χ4v) is 3.69. The normalized spacial score (nSPS) is 12.1. The Morgan fingerprint density at radius 3 is 2.76 bits per heavy atom. The van der Waals surface area contributed by atoms with Crippen molar-refractivity contribution in [1.29, 1.82) is 0 Å². The van der Waals surface area contributed by atoms with Crippen LogP contribution in [0.4, 0.5) is 5.69 Å². The van der Waals surface area contributed by atoms with Gasteiger partial charge in [0, 0.05) is 5.69 Å². The van der Waals surface area contributed by atoms with Gasteiger partial charge >= 0.3 is 5.97 Å². The molecule has 3 aromatic rings. The Hall–Kier alpha value is -2.67. The first kappa shape index (κ1) is 17.2. The molecular formula is C18H19N3O3S. The molecule has 2 aromatic heterocycles. The summed E-state index contributed by atoms with van der Waals surface area (Å²) in [7, 11) is 0. The van der Waals surface area contributed by atoms with E-state index >= 15 is 0 Å². The van der Waals surface area contributed by atoms with Gasteiger partial charge in [0.25, 0.3) is 5.56 Å². The van der Waals surface area contributed by atoms with Crippen LogP contribution in [0.3, 0.4) is 0 Å². The van der Waals surface area contributed by atoms with Gasteiger partial charge in [-0.2, -0.15) is 0 Å². The van der Waals surface area contributed by atoms with E-state index in [-0.39, 0.29) is 11.6 Å². The highest BCUT2D eigenvalue weighted by Gasteiger charge is 2.21. The third-order valence-corrected chi connectivity index (χ3v) is 5.01. The van der Waals surface area contributed by atoms with Gasteiger partial charge < -0.3 is 15.0 Å². The molecule has 2 N–H and O–H groups in total. The second-order valence-electron chi connectivity index (χ2n) is 5.64. The molecule has 130 valence electrons. The number of hydrogen-bond acceptors (Lipinski definition) is 6. The van der Waals surface area contributed by atoms with Crippen molar-refractivity contribution in [3.8, 4) is 0 Å². The van der Waals surface area contributed by atoms with E-state index in [1.54, 1.807) is 13.8 Å². The number of nitrogens with one attached hydrogen (secondary N) is 2. The molecule has 0 saturated carbocycles. The van der Waals surface area contributed by atoms with Crippen LogP contribution in [0.1, 0.15) is 40.9 Å². The largest absolute Gasteiger partial charge is 0.462 e. The summed E-state index contributed by atoms with van der Waals surface area (Å²) in [6.07, 6.45) is 0. The Bertz CT molecular complexity index is 963. The van der Waals surface area contributed by atoms with Crippen molar-refractivity contribution in [1.82, 2.24) is 9.97 Å². The standard InChI is InChI=1S/C18H19N3O3S/c1-4-24-18(23)14-10(2)13-16(22)20-15(21-17(13)25-14)11(3)19-12-8-6-5-7-9-12/h5-9,11,19H,4H2,1-3H3,(H,20,21,22)/t11-/m0/s1. The minimum absolute atomic E-state index is 0.187. The zero-order valence-corrected chi connectivity index (χ0v) is 15.1. The van der Waals surface area contributed by atoms with E-state index in [9.17, 15) is 9.59 Å². The van der Waals surface area contributed by atoms with Crippen molar-refractivity contribution in [2.75, 3.05) is 11.9 Å². The molecule has 0 aliphatic carbocycles. The first-order chi connectivity index (χ1) is 12.0. The highest BCUT2D eigenvalue weighted by Crippen LogP contribution is 2.28. The van der Waals surface area contributed by atoms with Crippen LogP contribution in [-0.2, 0) is 4.74 Å². The smallest absolute Gasteiger partial charge is 0.348 e. The van der Waals surface area contributed by atoms with E-state index in [4.69, 9.17) is 4.74 Å². The van der Waals surface area contributed by atoms with Gasteiger partial charge in [-0.05, 0) is 38.5 Å². The Kier molecular flexibility index (Phi) is 4.85. The third kappa shape index (κ3) is 3.41. The summed E-state index contributed by atoms with van der Waals surface area (Å²) in [5, 5.41) is 3.74. The number of hydrogen-bond donors (Lipinski definition) is 2. The number of fused-ring (bicyclic) bond motifs is 1. The summed E-state index contributed by atoms with van der Waals surface area (Å²) in [5.74, 6) is 0.109. The number of thiophene rings is 1. The maximum Gasteiger partial charge on any atom is 0.348 e. The lowest BCUT2D eigenvalue weighted by atomic mass is 10.2. The van der Waals surface area contributed by atoms with Crippen molar-refractivity contribution in [2.45, 2.75) is 26.8 Å². The fourth-order valence-electron chi connectivity index (χ4n) is 2.61. The van der Waals surface area contributed by atoms with Gasteiger partial charge in [0.2, 0.25) is 0 Å². The number of ether oxygens (including phenoxy) is 1. The Balaban J connectivity index is 1.98. The molecule has 0 saturated heterocycles. The summed E-state index contributed by atoms with van der Waals surface area (Å²) in [6, 6.07) is 9.51. The number of rotatable bonds is 5. The van der Waals surface area contributed by atoms with Gasteiger partial charge in [-0.3, -0.25) is 4.79 Å². The number of benzene rings is 1. The zero-order valence-electron chi connectivity index (χ0n) is 14.3. The van der Waals surface area contributed by atoms with E-state index in [1.807, 2.05) is 37.3 Å². The summed E-state index contributed by atoms with van der Waals surface area (Å²) >= 11 is 1.19. The number of aromatic nitrogens is 2. The monoisotopic (exact) mass is 357 g/mol. The molecule has 2 heterocycles. The molecule has 0 unspecified atom stereocenters. The minimum Gasteiger partial charge on any atom is -0.462 e. The molecule has 0 aliphatic heterocycles. The first-order valence-electron chi connectivity index (χ1n) is 8.03. The number of carbonyl (C=O) groups excluding carboxylic acids is 1. The number of esters is 1. The van der Waals surface area contributed by atoms with Crippen LogP contribution >= 0.6 is 11.3 Å². The van der Waals surface area contributed by atoms with Crippen LogP contribution in [0.15, 0.2) is 35.1 Å². The maximum absolute atomic E-state index is 12.5. The molecule has 1 aromatic carbocycles. The Morgan fingerprint density at radius 1 is 1.36 bits per heavy atom. The molecule has 0 spiro atoms. The van der Waals surface area contributed by atoms with Crippen molar-refractivity contribution in [3.05, 3.63) is 57.0 Å². The van der Waals surface area contributed by atoms with Crippen molar-refractivity contribution >= 4 is 33.2 Å². The Labute approximate surface area is 148 Å². The van der Waals surface area contributed by atoms with E-state index < -0.39 is 5.97 Å². The maximum atomic E-state index is 12.5. The van der Waals surface area contributed by atoms with Gasteiger partial charge in [-0.15, -0.1) is 11.3 Å². The lowest BCUT2D eigenvalue weighted by molar-refractivity contribution is 0.0531. The van der Waals surface area contributed by atoms with E-state index in [0.717, 1.165) is 5.69 Å². The topological polar surface area (TPSA) is 84.1 Å². The number of aryl methyl sites for hydroxylation is 1. The summed E-state index contributed by atoms with van der Waals surface area (Å²) in [5.41, 5.74) is 1.31. The van der Waals surface area contributed by atoms with E-state index in [1.165, 1.54) is 11.3 Å². The second-order valence-corrected chi connectivity index (χ2v) is 6.64. The average molecular weight is 357 g/mol. The summed E-state index contributed by atoms with van der Waals surface area (Å²) in [6.45, 7) is 5.71. The van der Waals surface area contributed by atoms with Crippen LogP contribution < -0.4 is 10.9 Å². The predicted octanol–water partition coefficient (Wildman–Crippen LogP) is 3.64. The van der Waals surface area contributed by atoms with E-state index in [0.29, 0.717) is 33.1 Å². The molecule has 0 radical (unpaired) electrons. The first-order valence-corrected chi connectivity index (χ1v) is 8.85. The number of carbonyl (C=O) groups is 1. The molecule has 0 bridgehead atoms. The molecule has 0 fully saturated rings. The third-order valence-electron chi connectivity index (χ3n) is 3.85. The van der Waals surface area contributed by atoms with Gasteiger partial charge in [0.05, 0.1) is 18.0 Å². The van der Waals surface area contributed by atoms with Crippen LogP contribution in [-0.4, -0.2) is 22.5 Å². The predicted molar refractivity (Wildman–Crippen MR) is 99.4 cm³/mol. The fraction of sp³-hybridized carbons (Fsp3) is 0.278. The number of nitrogens with zero attached hydrogens (tertiary/aromatic N) is 1. The highest BCUT2D eigenvalue weighted by molar-refractivity contribution is 7.20. The lowest BCUT2D eigenvalue weighted by Gasteiger charge is -2.14. The minimum atomic E-state index is -0.417. The van der Waals surface area contributed by atoms with Crippen LogP contribution in [0.25, 0.3) is 10.2 Å². The molecule has 25 heavy (non-hydrogen) atoms. The average Bonchev–Trinajstić information content (AvgIpc) is 2.93. The molecule has 1 atom stereocenters. The molecule has 0 aliphatic rings. The van der Waals surface area contributed by atoms with Crippen molar-refractivity contribution in [2.24, 2.45) is 0 Å². The Morgan fingerprint density at radius 2 is 2.08 bits per heavy atom. The summed E-state index contributed by atoms with van der Waals surface area (Å²) in [4.78, 5) is 32.9. The molecule has 3 rings (SSSR count).